The summed E-state index contributed by atoms with van der Waals surface area (Å²) in [4.78, 5) is 12.0. The van der Waals surface area contributed by atoms with Crippen LogP contribution in [0.3, 0.4) is 0 Å². The maximum absolute atomic E-state index is 12.0. The fourth-order valence-corrected chi connectivity index (χ4v) is 4.71. The van der Waals surface area contributed by atoms with E-state index in [1.54, 1.807) is 13.0 Å². The van der Waals surface area contributed by atoms with Crippen LogP contribution in [0.15, 0.2) is 133 Å². The van der Waals surface area contributed by atoms with Crippen LogP contribution in [0.4, 0.5) is 0 Å². The molecule has 0 aliphatic carbocycles. The van der Waals surface area contributed by atoms with Crippen LogP contribution in [0.25, 0.3) is 22.5 Å². The zero-order valence-corrected chi connectivity index (χ0v) is 24.1. The molecule has 0 unspecified atom stereocenters. The fraction of sp³-hybridized carbons (Fsp3) is 0.139. The van der Waals surface area contributed by atoms with Crippen molar-refractivity contribution in [1.82, 2.24) is 19.6 Å². The predicted octanol–water partition coefficient (Wildman–Crippen LogP) is 6.87. The van der Waals surface area contributed by atoms with E-state index in [1.165, 1.54) is 5.56 Å². The first-order valence-corrected chi connectivity index (χ1v) is 14.3. The average molecular weight is 571 g/mol. The van der Waals surface area contributed by atoms with E-state index in [0.717, 1.165) is 28.1 Å². The number of carbonyl (C=O) groups is 1. The third-order valence-corrected chi connectivity index (χ3v) is 6.75. The van der Waals surface area contributed by atoms with Gasteiger partial charge >= 0.3 is 5.97 Å². The van der Waals surface area contributed by atoms with E-state index >= 15 is 0 Å². The summed E-state index contributed by atoms with van der Waals surface area (Å²) in [7, 11) is 0. The van der Waals surface area contributed by atoms with Crippen LogP contribution < -0.4 is 0 Å². The molecule has 6 rings (SSSR count). The Kier molecular flexibility index (Phi) is 9.90. The Balaban J connectivity index is 0.000000173. The number of aliphatic hydroxyl groups is 1. The molecule has 2 aromatic heterocycles. The normalized spacial score (nSPS) is 10.6. The second kappa shape index (κ2) is 14.6. The van der Waals surface area contributed by atoms with Gasteiger partial charge in [-0.05, 0) is 41.3 Å². The van der Waals surface area contributed by atoms with Crippen LogP contribution in [0.1, 0.15) is 34.2 Å². The number of aliphatic hydroxyl groups excluding tert-OH is 1. The molecule has 0 bridgehead atoms. The van der Waals surface area contributed by atoms with Crippen molar-refractivity contribution in [3.8, 4) is 22.5 Å². The molecule has 0 aliphatic heterocycles. The van der Waals surface area contributed by atoms with E-state index in [9.17, 15) is 9.90 Å². The number of hydrogen-bond acceptors (Lipinski definition) is 5. The van der Waals surface area contributed by atoms with E-state index in [2.05, 4.69) is 34.5 Å². The van der Waals surface area contributed by atoms with E-state index in [1.807, 2.05) is 112 Å². The zero-order chi connectivity index (χ0) is 29.9. The van der Waals surface area contributed by atoms with Crippen molar-refractivity contribution < 1.29 is 14.6 Å². The zero-order valence-electron chi connectivity index (χ0n) is 24.1. The van der Waals surface area contributed by atoms with E-state index < -0.39 is 5.97 Å². The highest BCUT2D eigenvalue weighted by Crippen LogP contribution is 2.23. The minimum Gasteiger partial charge on any atom is -0.461 e. The fourth-order valence-electron chi connectivity index (χ4n) is 4.71. The summed E-state index contributed by atoms with van der Waals surface area (Å²) in [5.41, 5.74) is 7.40. The summed E-state index contributed by atoms with van der Waals surface area (Å²) in [6.07, 6.45) is 0. The number of ether oxygens (including phenoxy) is 1. The minimum atomic E-state index is -0.392. The molecule has 6 aromatic rings. The molecule has 7 heteroatoms. The number of esters is 1. The van der Waals surface area contributed by atoms with Crippen LogP contribution in [0.5, 0.6) is 0 Å². The SMILES string of the molecule is CCOC(=O)c1cc(-c2ccccc2)n(Cc2ccccc2)n1.OCc1cc(-c2ccccc2)n(Cc2ccccc2)n1. The third kappa shape index (κ3) is 7.72. The molecule has 0 radical (unpaired) electrons. The highest BCUT2D eigenvalue weighted by molar-refractivity contribution is 5.88. The maximum atomic E-state index is 12.0. The van der Waals surface area contributed by atoms with Crippen molar-refractivity contribution in [3.05, 3.63) is 156 Å². The summed E-state index contributed by atoms with van der Waals surface area (Å²) in [5, 5.41) is 18.2. The quantitative estimate of drug-likeness (QED) is 0.192. The topological polar surface area (TPSA) is 82.2 Å². The Hall–Kier alpha value is -5.27. The Morgan fingerprint density at radius 1 is 0.651 bits per heavy atom. The van der Waals surface area contributed by atoms with Gasteiger partial charge in [0.15, 0.2) is 5.69 Å². The summed E-state index contributed by atoms with van der Waals surface area (Å²) in [5.74, 6) is -0.392. The molecule has 4 aromatic carbocycles. The van der Waals surface area contributed by atoms with Gasteiger partial charge < -0.3 is 9.84 Å². The van der Waals surface area contributed by atoms with E-state index in [-0.39, 0.29) is 6.61 Å². The van der Waals surface area contributed by atoms with Gasteiger partial charge in [0, 0.05) is 0 Å². The lowest BCUT2D eigenvalue weighted by Gasteiger charge is -2.07. The summed E-state index contributed by atoms with van der Waals surface area (Å²) in [6.45, 7) is 3.39. The lowest BCUT2D eigenvalue weighted by atomic mass is 10.1. The monoisotopic (exact) mass is 570 g/mol. The molecular formula is C36H34N4O3. The second-order valence-corrected chi connectivity index (χ2v) is 9.83. The molecule has 0 spiro atoms. The van der Waals surface area contributed by atoms with Gasteiger partial charge in [0.2, 0.25) is 0 Å². The van der Waals surface area contributed by atoms with Gasteiger partial charge in [0.1, 0.15) is 0 Å². The molecule has 0 aliphatic rings. The summed E-state index contributed by atoms with van der Waals surface area (Å²) >= 11 is 0. The number of nitrogens with zero attached hydrogens (tertiary/aromatic N) is 4. The molecule has 43 heavy (non-hydrogen) atoms. The minimum absolute atomic E-state index is 0.0401. The first-order chi connectivity index (χ1) is 21.1. The van der Waals surface area contributed by atoms with Gasteiger partial charge in [-0.15, -0.1) is 0 Å². The molecular weight excluding hydrogens is 536 g/mol. The maximum Gasteiger partial charge on any atom is 0.358 e. The van der Waals surface area contributed by atoms with Crippen molar-refractivity contribution in [3.63, 3.8) is 0 Å². The molecule has 1 N–H and O–H groups in total. The third-order valence-electron chi connectivity index (χ3n) is 6.75. The van der Waals surface area contributed by atoms with Crippen LogP contribution in [-0.2, 0) is 24.4 Å². The summed E-state index contributed by atoms with van der Waals surface area (Å²) in [6, 6.07) is 44.0. The van der Waals surface area contributed by atoms with Crippen molar-refractivity contribution in [1.29, 1.82) is 0 Å². The van der Waals surface area contributed by atoms with Gasteiger partial charge in [-0.25, -0.2) is 4.79 Å². The largest absolute Gasteiger partial charge is 0.461 e. The molecule has 0 atom stereocenters. The van der Waals surface area contributed by atoms with Crippen LogP contribution in [0, 0.1) is 0 Å². The van der Waals surface area contributed by atoms with Crippen molar-refractivity contribution in [2.24, 2.45) is 0 Å². The highest BCUT2D eigenvalue weighted by Gasteiger charge is 2.16. The van der Waals surface area contributed by atoms with Gasteiger partial charge in [-0.2, -0.15) is 10.2 Å². The number of hydrogen-bond donors (Lipinski definition) is 1. The second-order valence-electron chi connectivity index (χ2n) is 9.83. The average Bonchev–Trinajstić information content (AvgIpc) is 3.68. The van der Waals surface area contributed by atoms with E-state index in [4.69, 9.17) is 4.74 Å². The molecule has 7 nitrogen and oxygen atoms in total. The number of benzene rings is 4. The van der Waals surface area contributed by atoms with Gasteiger partial charge in [0.25, 0.3) is 0 Å². The number of carbonyl (C=O) groups excluding carboxylic acids is 1. The lowest BCUT2D eigenvalue weighted by molar-refractivity contribution is 0.0518. The molecule has 0 fully saturated rings. The first-order valence-electron chi connectivity index (χ1n) is 14.3. The molecule has 2 heterocycles. The number of rotatable bonds is 9. The van der Waals surface area contributed by atoms with Crippen LogP contribution in [0.2, 0.25) is 0 Å². The highest BCUT2D eigenvalue weighted by atomic mass is 16.5. The Bertz CT molecular complexity index is 1710. The van der Waals surface area contributed by atoms with Gasteiger partial charge in [0.05, 0.1) is 43.4 Å². The summed E-state index contributed by atoms with van der Waals surface area (Å²) < 4.78 is 8.85. The number of aromatic nitrogens is 4. The Morgan fingerprint density at radius 3 is 1.56 bits per heavy atom. The molecule has 0 amide bonds. The molecule has 0 saturated heterocycles. The predicted molar refractivity (Wildman–Crippen MR) is 168 cm³/mol. The van der Waals surface area contributed by atoms with Crippen molar-refractivity contribution >= 4 is 5.97 Å². The standard InChI is InChI=1S/C19H18N2O2.C17H16N2O/c1-2-23-19(22)17-13-18(16-11-7-4-8-12-16)21(20-17)14-15-9-5-3-6-10-15;20-13-16-11-17(15-9-5-2-6-10-15)19(18-16)12-14-7-3-1-4-8-14/h3-13H,2,14H2,1H3;1-11,20H,12-13H2. The molecule has 216 valence electrons. The smallest absolute Gasteiger partial charge is 0.358 e. The van der Waals surface area contributed by atoms with Crippen molar-refractivity contribution in [2.45, 2.75) is 26.6 Å². The van der Waals surface area contributed by atoms with Crippen LogP contribution in [-0.4, -0.2) is 37.2 Å². The Morgan fingerprint density at radius 2 is 1.09 bits per heavy atom. The van der Waals surface area contributed by atoms with Crippen molar-refractivity contribution in [2.75, 3.05) is 6.61 Å². The lowest BCUT2D eigenvalue weighted by Crippen LogP contribution is -2.08. The Labute approximate surface area is 251 Å². The molecule has 0 saturated carbocycles. The van der Waals surface area contributed by atoms with Crippen LogP contribution >= 0.6 is 0 Å². The first kappa shape index (κ1) is 29.2. The van der Waals surface area contributed by atoms with E-state index in [0.29, 0.717) is 31.1 Å². The van der Waals surface area contributed by atoms with Gasteiger partial charge in [-0.3, -0.25) is 9.36 Å². The van der Waals surface area contributed by atoms with Gasteiger partial charge in [-0.1, -0.05) is 121 Å².